The number of benzene rings is 3. The lowest BCUT2D eigenvalue weighted by Gasteiger charge is -2.17. The molecular formula is C28H24BrN3O2S. The molecule has 0 saturated carbocycles. The quantitative estimate of drug-likeness (QED) is 0.331. The van der Waals surface area contributed by atoms with E-state index >= 15 is 0 Å². The Morgan fingerprint density at radius 2 is 1.49 bits per heavy atom. The number of nitrogens with zero attached hydrogens (tertiary/aromatic N) is 3. The van der Waals surface area contributed by atoms with Crippen molar-refractivity contribution in [2.24, 2.45) is 4.99 Å². The minimum Gasteiger partial charge on any atom is -0.311 e. The lowest BCUT2D eigenvalue weighted by atomic mass is 10.1. The number of likely N-dealkylation sites (N-methyl/N-ethyl adjacent to an activating group) is 1. The Hall–Kier alpha value is -3.16. The van der Waals surface area contributed by atoms with Crippen molar-refractivity contribution in [1.82, 2.24) is 0 Å². The molecule has 0 bridgehead atoms. The topological polar surface area (TPSA) is 53.0 Å². The van der Waals surface area contributed by atoms with E-state index in [4.69, 9.17) is 4.99 Å². The number of aryl methyl sites for hydroxylation is 4. The van der Waals surface area contributed by atoms with Crippen molar-refractivity contribution in [3.8, 4) is 0 Å². The van der Waals surface area contributed by atoms with Crippen molar-refractivity contribution >= 4 is 67.3 Å². The molecule has 0 radical (unpaired) electrons. The van der Waals surface area contributed by atoms with Crippen LogP contribution in [0, 0.1) is 27.7 Å². The Morgan fingerprint density at radius 1 is 0.800 bits per heavy atom. The number of hydrogen-bond acceptors (Lipinski definition) is 4. The summed E-state index contributed by atoms with van der Waals surface area (Å²) in [5, 5.41) is 0.530. The molecule has 7 heteroatoms. The van der Waals surface area contributed by atoms with Gasteiger partial charge in [0, 0.05) is 17.1 Å². The van der Waals surface area contributed by atoms with Crippen molar-refractivity contribution in [1.29, 1.82) is 0 Å². The van der Waals surface area contributed by atoms with Crippen molar-refractivity contribution in [2.75, 3.05) is 16.8 Å². The molecule has 3 aromatic carbocycles. The van der Waals surface area contributed by atoms with Gasteiger partial charge in [0.1, 0.15) is 0 Å². The summed E-state index contributed by atoms with van der Waals surface area (Å²) in [6.07, 6.45) is 0. The number of thioether (sulfide) groups is 1. The van der Waals surface area contributed by atoms with Crippen LogP contribution in [0.15, 0.2) is 69.0 Å². The van der Waals surface area contributed by atoms with Gasteiger partial charge in [0.2, 0.25) is 0 Å². The number of amidine groups is 1. The first-order chi connectivity index (χ1) is 16.7. The van der Waals surface area contributed by atoms with Gasteiger partial charge in [-0.05, 0) is 104 Å². The van der Waals surface area contributed by atoms with E-state index in [0.29, 0.717) is 15.6 Å². The minimum absolute atomic E-state index is 0.193. The van der Waals surface area contributed by atoms with Crippen LogP contribution in [0.1, 0.15) is 27.8 Å². The van der Waals surface area contributed by atoms with E-state index in [9.17, 15) is 9.59 Å². The zero-order chi connectivity index (χ0) is 25.0. The second-order valence-corrected chi connectivity index (χ2v) is 10.8. The average Bonchev–Trinajstić information content (AvgIpc) is 3.25. The molecule has 3 aromatic rings. The highest BCUT2D eigenvalue weighted by Gasteiger charge is 2.42. The highest BCUT2D eigenvalue weighted by atomic mass is 79.9. The minimum atomic E-state index is -0.245. The summed E-state index contributed by atoms with van der Waals surface area (Å²) in [4.78, 5) is 35.7. The highest BCUT2D eigenvalue weighted by Crippen LogP contribution is 2.46. The van der Waals surface area contributed by atoms with Crippen molar-refractivity contribution in [3.05, 3.63) is 91.8 Å². The van der Waals surface area contributed by atoms with E-state index in [-0.39, 0.29) is 11.8 Å². The van der Waals surface area contributed by atoms with Crippen LogP contribution >= 0.6 is 27.7 Å². The lowest BCUT2D eigenvalue weighted by Crippen LogP contribution is -2.29. The Kier molecular flexibility index (Phi) is 5.93. The molecule has 2 aliphatic heterocycles. The smallest absolute Gasteiger partial charge is 0.272 e. The Labute approximate surface area is 217 Å². The van der Waals surface area contributed by atoms with E-state index in [1.165, 1.54) is 17.3 Å². The molecule has 1 fully saturated rings. The van der Waals surface area contributed by atoms with Crippen LogP contribution in [0.4, 0.5) is 17.1 Å². The number of hydrogen-bond donors (Lipinski definition) is 0. The number of carbonyl (C=O) groups is 2. The maximum atomic E-state index is 13.9. The zero-order valence-corrected chi connectivity index (χ0v) is 22.5. The second-order valence-electron chi connectivity index (χ2n) is 8.90. The Morgan fingerprint density at radius 3 is 2.17 bits per heavy atom. The fourth-order valence-electron chi connectivity index (χ4n) is 4.21. The zero-order valence-electron chi connectivity index (χ0n) is 20.1. The monoisotopic (exact) mass is 545 g/mol. The van der Waals surface area contributed by atoms with Gasteiger partial charge in [0.15, 0.2) is 5.17 Å². The number of amides is 2. The Balaban J connectivity index is 1.71. The second kappa shape index (κ2) is 8.81. The van der Waals surface area contributed by atoms with Crippen molar-refractivity contribution < 1.29 is 9.59 Å². The van der Waals surface area contributed by atoms with Crippen LogP contribution < -0.4 is 9.80 Å². The molecule has 0 aromatic heterocycles. The van der Waals surface area contributed by atoms with Gasteiger partial charge in [-0.15, -0.1) is 0 Å². The van der Waals surface area contributed by atoms with E-state index in [2.05, 4.69) is 22.9 Å². The molecule has 0 spiro atoms. The van der Waals surface area contributed by atoms with Crippen LogP contribution in [0.25, 0.3) is 5.57 Å². The molecule has 0 N–H and O–H groups in total. The third-order valence-electron chi connectivity index (χ3n) is 6.58. The van der Waals surface area contributed by atoms with Gasteiger partial charge in [-0.25, -0.2) is 4.99 Å². The molecule has 35 heavy (non-hydrogen) atoms. The van der Waals surface area contributed by atoms with Gasteiger partial charge >= 0.3 is 0 Å². The number of fused-ring (bicyclic) bond motifs is 1. The maximum absolute atomic E-state index is 13.9. The molecular weight excluding hydrogens is 522 g/mol. The normalized spacial score (nSPS) is 18.7. The molecule has 0 aliphatic carbocycles. The predicted molar refractivity (Wildman–Crippen MR) is 148 cm³/mol. The summed E-state index contributed by atoms with van der Waals surface area (Å²) in [5.74, 6) is -0.438. The predicted octanol–water partition coefficient (Wildman–Crippen LogP) is 6.84. The summed E-state index contributed by atoms with van der Waals surface area (Å²) in [6, 6.07) is 17.6. The third-order valence-corrected chi connectivity index (χ3v) is 8.11. The molecule has 1 saturated heterocycles. The summed E-state index contributed by atoms with van der Waals surface area (Å²) in [5.41, 5.74) is 7.98. The molecule has 0 atom stereocenters. The van der Waals surface area contributed by atoms with Crippen molar-refractivity contribution in [2.45, 2.75) is 27.7 Å². The SMILES string of the molecule is Cc1ccc(N=C2S/C(=C3\C(=O)N(C)c4ccc(Br)cc43)C(=O)N2c2ccc(C)c(C)c2)cc1C. The van der Waals surface area contributed by atoms with Crippen LogP contribution in [0.3, 0.4) is 0 Å². The number of carbonyl (C=O) groups excluding carboxylic acids is 2. The first kappa shape index (κ1) is 23.6. The fraction of sp³-hybridized carbons (Fsp3) is 0.179. The number of halogens is 1. The van der Waals surface area contributed by atoms with Crippen LogP contribution in [-0.4, -0.2) is 24.0 Å². The molecule has 176 valence electrons. The molecule has 0 unspecified atom stereocenters. The van der Waals surface area contributed by atoms with Gasteiger partial charge in [-0.1, -0.05) is 28.1 Å². The van der Waals surface area contributed by atoms with Crippen molar-refractivity contribution in [3.63, 3.8) is 0 Å². The number of aliphatic imine (C=N–C) groups is 1. The third kappa shape index (κ3) is 4.02. The number of rotatable bonds is 2. The number of anilines is 2. The van der Waals surface area contributed by atoms with E-state index in [0.717, 1.165) is 43.8 Å². The van der Waals surface area contributed by atoms with E-state index in [1.807, 2.05) is 75.4 Å². The summed E-state index contributed by atoms with van der Waals surface area (Å²) in [7, 11) is 1.73. The molecule has 5 nitrogen and oxygen atoms in total. The summed E-state index contributed by atoms with van der Waals surface area (Å²) < 4.78 is 0.850. The van der Waals surface area contributed by atoms with Crippen LogP contribution in [-0.2, 0) is 9.59 Å². The van der Waals surface area contributed by atoms with E-state index < -0.39 is 0 Å². The van der Waals surface area contributed by atoms with Gasteiger partial charge < -0.3 is 4.90 Å². The maximum Gasteiger partial charge on any atom is 0.272 e. The molecule has 2 aliphatic rings. The fourth-order valence-corrected chi connectivity index (χ4v) is 5.66. The first-order valence-corrected chi connectivity index (χ1v) is 12.8. The summed E-state index contributed by atoms with van der Waals surface area (Å²) >= 11 is 4.76. The van der Waals surface area contributed by atoms with Gasteiger partial charge in [0.25, 0.3) is 11.8 Å². The largest absolute Gasteiger partial charge is 0.311 e. The van der Waals surface area contributed by atoms with E-state index in [1.54, 1.807) is 16.8 Å². The molecule has 2 heterocycles. The Bertz CT molecular complexity index is 1490. The molecule has 5 rings (SSSR count). The standard InChI is InChI=1S/C28H24BrN3O2S/c1-15-6-9-20(12-17(15)3)30-28-32(21-10-7-16(2)18(4)13-21)27(34)25(35-28)24-22-14-19(29)8-11-23(22)31(5)26(24)33/h6-14H,1-5H3/b25-24-,30-28?. The van der Waals surface area contributed by atoms with Crippen LogP contribution in [0.5, 0.6) is 0 Å². The lowest BCUT2D eigenvalue weighted by molar-refractivity contribution is -0.115. The van der Waals surface area contributed by atoms with Gasteiger partial charge in [-0.2, -0.15) is 0 Å². The van der Waals surface area contributed by atoms with Gasteiger partial charge in [0.05, 0.1) is 27.5 Å². The van der Waals surface area contributed by atoms with Gasteiger partial charge in [-0.3, -0.25) is 14.5 Å². The molecule has 2 amide bonds. The van der Waals surface area contributed by atoms with Crippen LogP contribution in [0.2, 0.25) is 0 Å². The average molecular weight is 546 g/mol. The first-order valence-electron chi connectivity index (χ1n) is 11.2. The highest BCUT2D eigenvalue weighted by molar-refractivity contribution is 9.10. The summed E-state index contributed by atoms with van der Waals surface area (Å²) in [6.45, 7) is 8.17.